The summed E-state index contributed by atoms with van der Waals surface area (Å²) in [7, 11) is 0. The Morgan fingerprint density at radius 3 is 2.91 bits per heavy atom. The lowest BCUT2D eigenvalue weighted by Crippen LogP contribution is -2.15. The van der Waals surface area contributed by atoms with E-state index < -0.39 is 0 Å². The number of benzene rings is 1. The fourth-order valence-electron chi connectivity index (χ4n) is 3.42. The molecule has 10 heteroatoms. The van der Waals surface area contributed by atoms with Crippen molar-refractivity contribution in [2.45, 2.75) is 24.4 Å². The Morgan fingerprint density at radius 1 is 1.22 bits per heavy atom. The molecule has 1 aromatic carbocycles. The summed E-state index contributed by atoms with van der Waals surface area (Å²) in [6.45, 7) is 2.50. The molecule has 0 bridgehead atoms. The molecule has 0 radical (unpaired) electrons. The van der Waals surface area contributed by atoms with Crippen LogP contribution in [0.1, 0.15) is 22.6 Å². The molecule has 32 heavy (non-hydrogen) atoms. The normalized spacial score (nSPS) is 11.1. The highest BCUT2D eigenvalue weighted by Gasteiger charge is 2.17. The Hall–Kier alpha value is -4.10. The molecular weight excluding hydrogens is 426 g/mol. The maximum Gasteiger partial charge on any atom is 0.272 e. The lowest BCUT2D eigenvalue weighted by Gasteiger charge is -2.09. The third-order valence-electron chi connectivity index (χ3n) is 4.91. The molecule has 0 saturated heterocycles. The molecule has 0 fully saturated rings. The Morgan fingerprint density at radius 2 is 2.12 bits per heavy atom. The first-order valence-electron chi connectivity index (χ1n) is 9.78. The average Bonchev–Trinajstić information content (AvgIpc) is 3.53. The van der Waals surface area contributed by atoms with Crippen molar-refractivity contribution >= 4 is 17.4 Å². The average molecular weight is 443 g/mol. The van der Waals surface area contributed by atoms with Crippen LogP contribution >= 0.6 is 11.8 Å². The number of nitrogens with one attached hydrogen (secondary N) is 1. The summed E-state index contributed by atoms with van der Waals surface area (Å²) >= 11 is 1.42. The molecular formula is C22H17N7O2S. The minimum Gasteiger partial charge on any atom is -0.467 e. The third-order valence-corrected chi connectivity index (χ3v) is 5.91. The van der Waals surface area contributed by atoms with E-state index in [-0.39, 0.29) is 5.56 Å². The number of fused-ring (bicyclic) bond motifs is 1. The van der Waals surface area contributed by atoms with E-state index in [0.29, 0.717) is 34.4 Å². The van der Waals surface area contributed by atoms with Crippen molar-refractivity contribution in [3.05, 3.63) is 87.9 Å². The fraction of sp³-hybridized carbons (Fsp3) is 0.136. The number of furan rings is 1. The summed E-state index contributed by atoms with van der Waals surface area (Å²) in [5.41, 5.74) is 3.00. The van der Waals surface area contributed by atoms with Gasteiger partial charge in [-0.3, -0.25) is 14.5 Å². The van der Waals surface area contributed by atoms with Crippen LogP contribution in [0.2, 0.25) is 0 Å². The molecule has 4 heterocycles. The molecule has 0 unspecified atom stereocenters. The van der Waals surface area contributed by atoms with Crippen molar-refractivity contribution in [3.63, 3.8) is 0 Å². The van der Waals surface area contributed by atoms with Crippen molar-refractivity contribution in [2.24, 2.45) is 0 Å². The zero-order chi connectivity index (χ0) is 22.1. The Labute approximate surface area is 186 Å². The van der Waals surface area contributed by atoms with Crippen LogP contribution in [0.15, 0.2) is 69.3 Å². The molecule has 0 spiro atoms. The Bertz CT molecular complexity index is 1510. The highest BCUT2D eigenvalue weighted by atomic mass is 32.2. The predicted octanol–water partition coefficient (Wildman–Crippen LogP) is 3.39. The first-order valence-corrected chi connectivity index (χ1v) is 10.8. The highest BCUT2D eigenvalue weighted by Crippen LogP contribution is 2.27. The molecule has 5 rings (SSSR count). The van der Waals surface area contributed by atoms with Crippen molar-refractivity contribution in [1.29, 1.82) is 5.26 Å². The quantitative estimate of drug-likeness (QED) is 0.400. The topological polar surface area (TPSA) is 118 Å². The maximum absolute atomic E-state index is 12.4. The molecule has 0 saturated carbocycles. The van der Waals surface area contributed by atoms with Gasteiger partial charge in [-0.1, -0.05) is 35.5 Å². The van der Waals surface area contributed by atoms with E-state index in [9.17, 15) is 10.1 Å². The van der Waals surface area contributed by atoms with Gasteiger partial charge in [-0.25, -0.2) is 9.50 Å². The molecule has 5 aromatic rings. The minimum absolute atomic E-state index is 0.274. The zero-order valence-corrected chi connectivity index (χ0v) is 17.8. The summed E-state index contributed by atoms with van der Waals surface area (Å²) in [5.74, 6) is 1.91. The molecule has 0 amide bonds. The molecule has 158 valence electrons. The number of aromatic amines is 1. The third kappa shape index (κ3) is 3.70. The van der Waals surface area contributed by atoms with Gasteiger partial charge in [0.05, 0.1) is 18.5 Å². The smallest absolute Gasteiger partial charge is 0.272 e. The molecule has 0 aliphatic rings. The second-order valence-electron chi connectivity index (χ2n) is 7.17. The van der Waals surface area contributed by atoms with E-state index in [1.165, 1.54) is 28.5 Å². The van der Waals surface area contributed by atoms with Crippen LogP contribution in [0.25, 0.3) is 17.0 Å². The van der Waals surface area contributed by atoms with Gasteiger partial charge in [-0.15, -0.1) is 10.2 Å². The van der Waals surface area contributed by atoms with Crippen LogP contribution in [0.4, 0.5) is 0 Å². The van der Waals surface area contributed by atoms with Gasteiger partial charge in [0.1, 0.15) is 17.4 Å². The van der Waals surface area contributed by atoms with Crippen LogP contribution in [0.3, 0.4) is 0 Å². The summed E-state index contributed by atoms with van der Waals surface area (Å²) < 4.78 is 8.78. The van der Waals surface area contributed by atoms with Gasteiger partial charge in [0, 0.05) is 23.6 Å². The Balaban J connectivity index is 1.49. The van der Waals surface area contributed by atoms with Gasteiger partial charge < -0.3 is 4.42 Å². The molecule has 1 N–H and O–H groups in total. The monoisotopic (exact) mass is 443 g/mol. The number of hydrogen-bond donors (Lipinski definition) is 1. The number of nitriles is 1. The number of aromatic nitrogens is 6. The number of hydrogen-bond acceptors (Lipinski definition) is 7. The van der Waals surface area contributed by atoms with Gasteiger partial charge in [0.25, 0.3) is 5.56 Å². The summed E-state index contributed by atoms with van der Waals surface area (Å²) in [6, 6.07) is 15.3. The van der Waals surface area contributed by atoms with E-state index in [1.54, 1.807) is 6.26 Å². The number of H-pyrrole nitrogens is 1. The molecule has 9 nitrogen and oxygen atoms in total. The highest BCUT2D eigenvalue weighted by molar-refractivity contribution is 7.98. The molecule has 4 aromatic heterocycles. The first kappa shape index (κ1) is 19.8. The zero-order valence-electron chi connectivity index (χ0n) is 17.0. The summed E-state index contributed by atoms with van der Waals surface area (Å²) in [4.78, 5) is 16.8. The number of nitrogens with zero attached hydrogens (tertiary/aromatic N) is 6. The number of aryl methyl sites for hydroxylation is 1. The van der Waals surface area contributed by atoms with Crippen molar-refractivity contribution in [1.82, 2.24) is 29.4 Å². The van der Waals surface area contributed by atoms with Crippen LogP contribution in [0.5, 0.6) is 0 Å². The SMILES string of the molecule is Cc1cccc(-c2nnc(SCc3cc(=O)n4[nH]cc(C#N)c4n3)n2Cc2ccco2)c1. The summed E-state index contributed by atoms with van der Waals surface area (Å²) in [5, 5.41) is 21.5. The van der Waals surface area contributed by atoms with Gasteiger partial charge in [0.2, 0.25) is 0 Å². The lowest BCUT2D eigenvalue weighted by atomic mass is 10.1. The van der Waals surface area contributed by atoms with Crippen LogP contribution in [-0.4, -0.2) is 29.4 Å². The maximum atomic E-state index is 12.4. The van der Waals surface area contributed by atoms with Gasteiger partial charge in [-0.2, -0.15) is 5.26 Å². The van der Waals surface area contributed by atoms with Crippen LogP contribution in [-0.2, 0) is 12.3 Å². The van der Waals surface area contributed by atoms with E-state index in [4.69, 9.17) is 4.42 Å². The molecule has 0 aliphatic heterocycles. The van der Waals surface area contributed by atoms with Gasteiger partial charge >= 0.3 is 0 Å². The van der Waals surface area contributed by atoms with E-state index in [2.05, 4.69) is 26.3 Å². The molecule has 0 aliphatic carbocycles. The first-order chi connectivity index (χ1) is 15.6. The van der Waals surface area contributed by atoms with E-state index in [0.717, 1.165) is 22.7 Å². The fourth-order valence-corrected chi connectivity index (χ4v) is 4.25. The van der Waals surface area contributed by atoms with Crippen molar-refractivity contribution in [2.75, 3.05) is 0 Å². The van der Waals surface area contributed by atoms with E-state index >= 15 is 0 Å². The van der Waals surface area contributed by atoms with Gasteiger partial charge in [0.15, 0.2) is 16.6 Å². The predicted molar refractivity (Wildman–Crippen MR) is 118 cm³/mol. The molecule has 0 atom stereocenters. The number of thioether (sulfide) groups is 1. The lowest BCUT2D eigenvalue weighted by molar-refractivity contribution is 0.485. The summed E-state index contributed by atoms with van der Waals surface area (Å²) in [6.07, 6.45) is 3.10. The second-order valence-corrected chi connectivity index (χ2v) is 8.12. The second kappa shape index (κ2) is 8.20. The van der Waals surface area contributed by atoms with Crippen LogP contribution in [0, 0.1) is 18.3 Å². The minimum atomic E-state index is -0.274. The van der Waals surface area contributed by atoms with Crippen molar-refractivity contribution in [3.8, 4) is 17.5 Å². The van der Waals surface area contributed by atoms with Gasteiger partial charge in [-0.05, 0) is 25.1 Å². The van der Waals surface area contributed by atoms with Crippen LogP contribution < -0.4 is 5.56 Å². The standard InChI is InChI=1S/C22H17N7O2S/c1-14-4-2-5-15(8-14)21-26-27-22(28(21)12-18-6-3-7-31-18)32-13-17-9-19(30)29-20(25-17)16(10-23)11-24-29/h2-9,11,24H,12-13H2,1H3. The number of rotatable bonds is 6. The Kier molecular flexibility index (Phi) is 5.09. The van der Waals surface area contributed by atoms with E-state index in [1.807, 2.05) is 47.9 Å². The van der Waals surface area contributed by atoms with Crippen molar-refractivity contribution < 1.29 is 4.42 Å². The largest absolute Gasteiger partial charge is 0.467 e.